The highest BCUT2D eigenvalue weighted by molar-refractivity contribution is 6.02. The van der Waals surface area contributed by atoms with Gasteiger partial charge < -0.3 is 19.5 Å². The molecule has 1 amide bonds. The van der Waals surface area contributed by atoms with Crippen molar-refractivity contribution in [2.24, 2.45) is 0 Å². The van der Waals surface area contributed by atoms with Crippen molar-refractivity contribution in [1.82, 2.24) is 0 Å². The first kappa shape index (κ1) is 18.4. The highest BCUT2D eigenvalue weighted by Crippen LogP contribution is 2.40. The number of anilines is 1. The maximum atomic E-state index is 12.2. The van der Waals surface area contributed by atoms with Crippen LogP contribution in [0.2, 0.25) is 0 Å². The van der Waals surface area contributed by atoms with Gasteiger partial charge >= 0.3 is 0 Å². The Morgan fingerprint density at radius 2 is 1.68 bits per heavy atom. The van der Waals surface area contributed by atoms with Crippen molar-refractivity contribution >= 4 is 17.7 Å². The first-order chi connectivity index (χ1) is 12.0. The van der Waals surface area contributed by atoms with E-state index in [-0.39, 0.29) is 5.91 Å². The normalized spacial score (nSPS) is 10.6. The number of hydrogen-bond donors (Lipinski definition) is 1. The van der Waals surface area contributed by atoms with Crippen molar-refractivity contribution in [2.75, 3.05) is 26.6 Å². The predicted octanol–water partition coefficient (Wildman–Crippen LogP) is 3.98. The van der Waals surface area contributed by atoms with Crippen molar-refractivity contribution in [3.05, 3.63) is 53.1 Å². The molecular formula is C20H23NO4. The predicted molar refractivity (Wildman–Crippen MR) is 99.7 cm³/mol. The van der Waals surface area contributed by atoms with E-state index in [1.807, 2.05) is 38.1 Å². The molecule has 0 aliphatic rings. The maximum absolute atomic E-state index is 12.2. The summed E-state index contributed by atoms with van der Waals surface area (Å²) in [5.41, 5.74) is 3.62. The van der Waals surface area contributed by atoms with Gasteiger partial charge in [0, 0.05) is 17.3 Å². The van der Waals surface area contributed by atoms with Crippen molar-refractivity contribution in [1.29, 1.82) is 0 Å². The van der Waals surface area contributed by atoms with Gasteiger partial charge in [-0.25, -0.2) is 0 Å². The molecule has 1 N–H and O–H groups in total. The zero-order valence-electron chi connectivity index (χ0n) is 15.2. The highest BCUT2D eigenvalue weighted by atomic mass is 16.5. The van der Waals surface area contributed by atoms with E-state index < -0.39 is 0 Å². The zero-order valence-corrected chi connectivity index (χ0v) is 15.2. The second-order valence-corrected chi connectivity index (χ2v) is 5.56. The molecule has 0 fully saturated rings. The van der Waals surface area contributed by atoms with Crippen LogP contribution >= 0.6 is 0 Å². The molecule has 0 aliphatic carbocycles. The number of aryl methyl sites for hydroxylation is 2. The smallest absolute Gasteiger partial charge is 0.248 e. The average Bonchev–Trinajstić information content (AvgIpc) is 2.61. The van der Waals surface area contributed by atoms with Crippen LogP contribution in [0.25, 0.3) is 6.08 Å². The molecule has 2 aromatic rings. The van der Waals surface area contributed by atoms with E-state index in [1.54, 1.807) is 33.5 Å². The van der Waals surface area contributed by atoms with Crippen molar-refractivity contribution in [2.45, 2.75) is 13.8 Å². The fourth-order valence-corrected chi connectivity index (χ4v) is 2.47. The van der Waals surface area contributed by atoms with Crippen LogP contribution in [-0.2, 0) is 4.79 Å². The number of benzene rings is 2. The average molecular weight is 341 g/mol. The Hall–Kier alpha value is -2.95. The number of nitrogens with one attached hydrogen (secondary N) is 1. The van der Waals surface area contributed by atoms with Crippen LogP contribution in [0.1, 0.15) is 16.7 Å². The van der Waals surface area contributed by atoms with E-state index in [2.05, 4.69) is 5.32 Å². The first-order valence-corrected chi connectivity index (χ1v) is 7.85. The lowest BCUT2D eigenvalue weighted by molar-refractivity contribution is -0.111. The summed E-state index contributed by atoms with van der Waals surface area (Å²) in [7, 11) is 4.65. The molecule has 132 valence electrons. The van der Waals surface area contributed by atoms with E-state index in [4.69, 9.17) is 14.2 Å². The first-order valence-electron chi connectivity index (χ1n) is 7.85. The third-order valence-corrected chi connectivity index (χ3v) is 3.80. The van der Waals surface area contributed by atoms with Crippen LogP contribution < -0.4 is 19.5 Å². The van der Waals surface area contributed by atoms with Crippen LogP contribution in [-0.4, -0.2) is 27.2 Å². The number of hydrogen-bond acceptors (Lipinski definition) is 4. The van der Waals surface area contributed by atoms with Gasteiger partial charge in [-0.15, -0.1) is 0 Å². The van der Waals surface area contributed by atoms with Crippen LogP contribution in [0.15, 0.2) is 36.4 Å². The lowest BCUT2D eigenvalue weighted by atomic mass is 10.1. The van der Waals surface area contributed by atoms with Crippen molar-refractivity contribution < 1.29 is 19.0 Å². The molecule has 0 unspecified atom stereocenters. The lowest BCUT2D eigenvalue weighted by Crippen LogP contribution is -2.09. The van der Waals surface area contributed by atoms with Crippen LogP contribution in [0, 0.1) is 13.8 Å². The number of carbonyl (C=O) groups excluding carboxylic acids is 1. The van der Waals surface area contributed by atoms with Gasteiger partial charge in [-0.2, -0.15) is 0 Å². The van der Waals surface area contributed by atoms with Gasteiger partial charge in [0.2, 0.25) is 11.7 Å². The Morgan fingerprint density at radius 3 is 2.32 bits per heavy atom. The molecule has 25 heavy (non-hydrogen) atoms. The molecule has 2 rings (SSSR count). The third kappa shape index (κ3) is 4.32. The van der Waals surface area contributed by atoms with Gasteiger partial charge in [0.25, 0.3) is 0 Å². The summed E-state index contributed by atoms with van der Waals surface area (Å²) < 4.78 is 16.0. The summed E-state index contributed by atoms with van der Waals surface area (Å²) in [5.74, 6) is 1.35. The maximum Gasteiger partial charge on any atom is 0.248 e. The standard InChI is InChI=1S/C20H23NO4/c1-13-6-7-14(2)16(12-13)21-18(22)11-9-15-8-10-17(23-3)20(25-5)19(15)24-4/h6-12H,1-5H3,(H,21,22)/b11-9+. The van der Waals surface area contributed by atoms with Gasteiger partial charge in [0.05, 0.1) is 21.3 Å². The molecule has 0 bridgehead atoms. The van der Waals surface area contributed by atoms with E-state index in [9.17, 15) is 4.79 Å². The van der Waals surface area contributed by atoms with E-state index in [0.29, 0.717) is 17.2 Å². The van der Waals surface area contributed by atoms with Crippen LogP contribution in [0.5, 0.6) is 17.2 Å². The van der Waals surface area contributed by atoms with E-state index in [1.165, 1.54) is 6.08 Å². The molecular weight excluding hydrogens is 318 g/mol. The van der Waals surface area contributed by atoms with Gasteiger partial charge in [-0.05, 0) is 49.2 Å². The zero-order chi connectivity index (χ0) is 18.4. The van der Waals surface area contributed by atoms with E-state index in [0.717, 1.165) is 22.4 Å². The summed E-state index contributed by atoms with van der Waals surface area (Å²) in [6, 6.07) is 9.50. The molecule has 2 aromatic carbocycles. The molecule has 5 heteroatoms. The number of carbonyl (C=O) groups is 1. The Kier molecular flexibility index (Phi) is 6.06. The minimum atomic E-state index is -0.217. The summed E-state index contributed by atoms with van der Waals surface area (Å²) in [6.07, 6.45) is 3.15. The SMILES string of the molecule is COc1ccc(/C=C/C(=O)Nc2cc(C)ccc2C)c(OC)c1OC. The Labute approximate surface area is 148 Å². The number of ether oxygens (including phenoxy) is 3. The fourth-order valence-electron chi connectivity index (χ4n) is 2.47. The molecule has 0 aliphatic heterocycles. The molecule has 0 radical (unpaired) electrons. The Balaban J connectivity index is 2.23. The second kappa shape index (κ2) is 8.24. The molecule has 0 saturated heterocycles. The Morgan fingerprint density at radius 1 is 0.960 bits per heavy atom. The van der Waals surface area contributed by atoms with Crippen LogP contribution in [0.4, 0.5) is 5.69 Å². The summed E-state index contributed by atoms with van der Waals surface area (Å²) >= 11 is 0. The number of amides is 1. The summed E-state index contributed by atoms with van der Waals surface area (Å²) in [4.78, 5) is 12.2. The van der Waals surface area contributed by atoms with Gasteiger partial charge in [0.15, 0.2) is 11.5 Å². The number of methoxy groups -OCH3 is 3. The molecule has 0 heterocycles. The second-order valence-electron chi connectivity index (χ2n) is 5.56. The van der Waals surface area contributed by atoms with Gasteiger partial charge in [-0.1, -0.05) is 12.1 Å². The molecule has 5 nitrogen and oxygen atoms in total. The molecule has 0 aromatic heterocycles. The molecule has 0 atom stereocenters. The third-order valence-electron chi connectivity index (χ3n) is 3.80. The van der Waals surface area contributed by atoms with Gasteiger partial charge in [-0.3, -0.25) is 4.79 Å². The fraction of sp³-hybridized carbons (Fsp3) is 0.250. The quantitative estimate of drug-likeness (QED) is 0.808. The summed E-state index contributed by atoms with van der Waals surface area (Å²) in [5, 5.41) is 2.89. The molecule has 0 saturated carbocycles. The minimum Gasteiger partial charge on any atom is -0.493 e. The lowest BCUT2D eigenvalue weighted by Gasteiger charge is -2.14. The monoisotopic (exact) mass is 341 g/mol. The highest BCUT2D eigenvalue weighted by Gasteiger charge is 2.14. The number of rotatable bonds is 6. The van der Waals surface area contributed by atoms with Crippen LogP contribution in [0.3, 0.4) is 0 Å². The Bertz CT molecular complexity index is 797. The van der Waals surface area contributed by atoms with E-state index >= 15 is 0 Å². The van der Waals surface area contributed by atoms with Crippen molar-refractivity contribution in [3.8, 4) is 17.2 Å². The minimum absolute atomic E-state index is 0.217. The van der Waals surface area contributed by atoms with Gasteiger partial charge in [0.1, 0.15) is 0 Å². The topological polar surface area (TPSA) is 56.8 Å². The summed E-state index contributed by atoms with van der Waals surface area (Å²) in [6.45, 7) is 3.94. The van der Waals surface area contributed by atoms with Crippen molar-refractivity contribution in [3.63, 3.8) is 0 Å². The largest absolute Gasteiger partial charge is 0.493 e. The molecule has 0 spiro atoms.